The van der Waals surface area contributed by atoms with E-state index in [4.69, 9.17) is 4.74 Å². The standard InChI is InChI=1S/C18H19N3O6S/c1-10(2)13-8-14(16(23)9-15(13)22)17-19-20-18(24)21(17)28(25,26)12-6-4-11(27-3)5-7-12/h4-10,22-23H,1-3H3,(H,20,24). The summed E-state index contributed by atoms with van der Waals surface area (Å²) >= 11 is 0. The van der Waals surface area contributed by atoms with Crippen LogP contribution < -0.4 is 4.74 Å². The van der Waals surface area contributed by atoms with Crippen molar-refractivity contribution >= 4 is 10.0 Å². The summed E-state index contributed by atoms with van der Waals surface area (Å²) < 4.78 is 31.7. The minimum absolute atomic E-state index is 0.00591. The quantitative estimate of drug-likeness (QED) is 0.589. The summed E-state index contributed by atoms with van der Waals surface area (Å²) in [5.74, 6) is -0.467. The number of ether oxygens (including phenoxy) is 1. The van der Waals surface area contributed by atoms with Gasteiger partial charge in [0.1, 0.15) is 17.2 Å². The van der Waals surface area contributed by atoms with Gasteiger partial charge in [-0.2, -0.15) is 3.97 Å². The largest absolute Gasteiger partial charge is 0.508 e. The minimum atomic E-state index is -4.28. The Morgan fingerprint density at radius 1 is 1.00 bits per heavy atom. The molecule has 0 amide bonds. The maximum atomic E-state index is 13.1. The molecular weight excluding hydrogens is 386 g/mol. The van der Waals surface area contributed by atoms with E-state index in [2.05, 4.69) is 10.2 Å². The normalized spacial score (nSPS) is 11.7. The first-order chi connectivity index (χ1) is 13.2. The zero-order valence-electron chi connectivity index (χ0n) is 15.4. The van der Waals surface area contributed by atoms with Crippen LogP contribution in [-0.2, 0) is 10.0 Å². The molecule has 0 bridgehead atoms. The molecule has 3 aromatic rings. The molecule has 1 aromatic heterocycles. The molecule has 0 saturated carbocycles. The second kappa shape index (κ2) is 7.04. The molecule has 10 heteroatoms. The van der Waals surface area contributed by atoms with Crippen molar-refractivity contribution in [3.63, 3.8) is 0 Å². The number of hydrogen-bond acceptors (Lipinski definition) is 8. The summed E-state index contributed by atoms with van der Waals surface area (Å²) in [6.07, 6.45) is 0. The highest BCUT2D eigenvalue weighted by Crippen LogP contribution is 2.39. The summed E-state index contributed by atoms with van der Waals surface area (Å²) in [5.41, 5.74) is 0.482. The van der Waals surface area contributed by atoms with E-state index in [0.717, 1.165) is 6.07 Å². The van der Waals surface area contributed by atoms with E-state index < -0.39 is 21.8 Å². The third-order valence-corrected chi connectivity index (χ3v) is 5.90. The van der Waals surface area contributed by atoms with Crippen LogP contribution in [0.4, 0.5) is 0 Å². The minimum Gasteiger partial charge on any atom is -0.508 e. The second-order valence-corrected chi connectivity index (χ2v) is 8.14. The monoisotopic (exact) mass is 405 g/mol. The van der Waals surface area contributed by atoms with Crippen LogP contribution in [0, 0.1) is 0 Å². The number of aromatic hydroxyl groups is 3. The maximum Gasteiger partial charge on any atom is 0.329 e. The van der Waals surface area contributed by atoms with Crippen LogP contribution in [0.2, 0.25) is 0 Å². The van der Waals surface area contributed by atoms with Gasteiger partial charge in [0.15, 0.2) is 5.82 Å². The third-order valence-electron chi connectivity index (χ3n) is 4.21. The van der Waals surface area contributed by atoms with Gasteiger partial charge in [0.05, 0.1) is 17.6 Å². The van der Waals surface area contributed by atoms with E-state index >= 15 is 0 Å². The molecule has 0 fully saturated rings. The molecule has 0 aliphatic rings. The van der Waals surface area contributed by atoms with Crippen LogP contribution in [0.15, 0.2) is 41.3 Å². The van der Waals surface area contributed by atoms with Crippen molar-refractivity contribution in [3.05, 3.63) is 42.0 Å². The molecule has 0 atom stereocenters. The maximum absolute atomic E-state index is 13.1. The molecule has 0 saturated heterocycles. The van der Waals surface area contributed by atoms with Crippen molar-refractivity contribution in [1.82, 2.24) is 14.2 Å². The van der Waals surface area contributed by atoms with Gasteiger partial charge in [-0.15, -0.1) is 5.10 Å². The topological polar surface area (TPSA) is 135 Å². The molecule has 0 spiro atoms. The third kappa shape index (κ3) is 3.22. The highest BCUT2D eigenvalue weighted by atomic mass is 32.2. The van der Waals surface area contributed by atoms with Crippen LogP contribution in [0.5, 0.6) is 23.3 Å². The molecule has 0 aliphatic carbocycles. The first kappa shape index (κ1) is 19.5. The molecule has 0 radical (unpaired) electrons. The van der Waals surface area contributed by atoms with Gasteiger partial charge >= 0.3 is 6.01 Å². The van der Waals surface area contributed by atoms with E-state index in [1.165, 1.54) is 37.4 Å². The lowest BCUT2D eigenvalue weighted by Crippen LogP contribution is -2.14. The van der Waals surface area contributed by atoms with Gasteiger partial charge in [-0.25, -0.2) is 8.42 Å². The smallest absolute Gasteiger partial charge is 0.329 e. The number of methoxy groups -OCH3 is 1. The number of hydrogen-bond donors (Lipinski definition) is 3. The van der Waals surface area contributed by atoms with Crippen molar-refractivity contribution < 1.29 is 28.5 Å². The Balaban J connectivity index is 2.21. The molecule has 3 N–H and O–H groups in total. The lowest BCUT2D eigenvalue weighted by Gasteiger charge is -2.14. The highest BCUT2D eigenvalue weighted by Gasteiger charge is 2.28. The van der Waals surface area contributed by atoms with Crippen LogP contribution in [0.25, 0.3) is 11.4 Å². The lowest BCUT2D eigenvalue weighted by atomic mass is 9.98. The first-order valence-corrected chi connectivity index (χ1v) is 9.71. The Bertz CT molecular complexity index is 1120. The Labute approximate surface area is 161 Å². The fourth-order valence-electron chi connectivity index (χ4n) is 2.74. The van der Waals surface area contributed by atoms with Crippen molar-refractivity contribution in [2.75, 3.05) is 7.11 Å². The Kier molecular flexibility index (Phi) is 4.90. The Morgan fingerprint density at radius 3 is 2.21 bits per heavy atom. The Morgan fingerprint density at radius 2 is 1.64 bits per heavy atom. The van der Waals surface area contributed by atoms with Gasteiger partial charge < -0.3 is 20.1 Å². The molecule has 0 aliphatic heterocycles. The molecular formula is C18H19N3O6S. The van der Waals surface area contributed by atoms with Gasteiger partial charge in [0.25, 0.3) is 10.0 Å². The van der Waals surface area contributed by atoms with Gasteiger partial charge in [0, 0.05) is 6.07 Å². The predicted octanol–water partition coefficient (Wildman–Crippen LogP) is 2.43. The summed E-state index contributed by atoms with van der Waals surface area (Å²) in [7, 11) is -2.83. The van der Waals surface area contributed by atoms with Crippen molar-refractivity contribution in [3.8, 4) is 34.6 Å². The number of aromatic nitrogens is 3. The van der Waals surface area contributed by atoms with Crippen LogP contribution >= 0.6 is 0 Å². The zero-order chi connectivity index (χ0) is 20.6. The summed E-state index contributed by atoms with van der Waals surface area (Å²) in [6.45, 7) is 3.65. The highest BCUT2D eigenvalue weighted by molar-refractivity contribution is 7.90. The number of rotatable bonds is 5. The van der Waals surface area contributed by atoms with Gasteiger partial charge in [0.2, 0.25) is 0 Å². The summed E-state index contributed by atoms with van der Waals surface area (Å²) in [5, 5.41) is 37.5. The van der Waals surface area contributed by atoms with E-state index in [1.807, 2.05) is 13.8 Å². The van der Waals surface area contributed by atoms with Crippen molar-refractivity contribution in [1.29, 1.82) is 0 Å². The van der Waals surface area contributed by atoms with Crippen molar-refractivity contribution in [2.45, 2.75) is 24.7 Å². The fourth-order valence-corrected chi connectivity index (χ4v) is 4.05. The van der Waals surface area contributed by atoms with E-state index in [1.54, 1.807) is 0 Å². The lowest BCUT2D eigenvalue weighted by molar-refractivity contribution is 0.414. The number of nitrogens with zero attached hydrogens (tertiary/aromatic N) is 3. The van der Waals surface area contributed by atoms with Crippen LogP contribution in [0.1, 0.15) is 25.3 Å². The molecule has 3 rings (SSSR count). The summed E-state index contributed by atoms with van der Waals surface area (Å²) in [6, 6.07) is 7.20. The molecule has 1 heterocycles. The number of phenols is 2. The second-order valence-electron chi connectivity index (χ2n) is 6.35. The van der Waals surface area contributed by atoms with Gasteiger partial charge in [-0.3, -0.25) is 0 Å². The molecule has 28 heavy (non-hydrogen) atoms. The molecule has 0 unspecified atom stereocenters. The van der Waals surface area contributed by atoms with Crippen LogP contribution in [0.3, 0.4) is 0 Å². The van der Waals surface area contributed by atoms with E-state index in [0.29, 0.717) is 15.3 Å². The van der Waals surface area contributed by atoms with Gasteiger partial charge in [-0.05, 0) is 41.8 Å². The average molecular weight is 405 g/mol. The van der Waals surface area contributed by atoms with Crippen molar-refractivity contribution in [2.24, 2.45) is 0 Å². The summed E-state index contributed by atoms with van der Waals surface area (Å²) in [4.78, 5) is -0.132. The average Bonchev–Trinajstić information content (AvgIpc) is 3.03. The van der Waals surface area contributed by atoms with E-state index in [-0.39, 0.29) is 28.0 Å². The molecule has 2 aromatic carbocycles. The molecule has 148 valence electrons. The molecule has 9 nitrogen and oxygen atoms in total. The van der Waals surface area contributed by atoms with Gasteiger partial charge in [-0.1, -0.05) is 18.9 Å². The number of benzene rings is 2. The number of phenolic OH excluding ortho intramolecular Hbond substituents is 2. The fraction of sp³-hybridized carbons (Fsp3) is 0.222. The predicted molar refractivity (Wildman–Crippen MR) is 100 cm³/mol. The first-order valence-electron chi connectivity index (χ1n) is 8.27. The SMILES string of the molecule is COc1ccc(S(=O)(=O)n2c(O)nnc2-c2cc(C(C)C)c(O)cc2O)cc1. The van der Waals surface area contributed by atoms with Crippen LogP contribution in [-0.4, -0.2) is 45.0 Å². The Hall–Kier alpha value is -3.27. The van der Waals surface area contributed by atoms with E-state index in [9.17, 15) is 23.7 Å². The zero-order valence-corrected chi connectivity index (χ0v) is 16.2.